The molecule has 0 radical (unpaired) electrons. The van der Waals surface area contributed by atoms with Crippen LogP contribution in [0.15, 0.2) is 83.9 Å². The number of urea groups is 1. The van der Waals surface area contributed by atoms with E-state index in [2.05, 4.69) is 20.3 Å². The van der Waals surface area contributed by atoms with Gasteiger partial charge < -0.3 is 19.8 Å². The van der Waals surface area contributed by atoms with E-state index in [0.717, 1.165) is 27.9 Å². The van der Waals surface area contributed by atoms with Gasteiger partial charge in [0.25, 0.3) is 0 Å². The number of nitrogens with zero attached hydrogens (tertiary/aromatic N) is 2. The number of amides is 2. The van der Waals surface area contributed by atoms with E-state index >= 15 is 0 Å². The third kappa shape index (κ3) is 6.08. The Morgan fingerprint density at radius 1 is 0.971 bits per heavy atom. The van der Waals surface area contributed by atoms with Crippen LogP contribution in [0.5, 0.6) is 5.75 Å². The van der Waals surface area contributed by atoms with Gasteiger partial charge in [-0.1, -0.05) is 54.6 Å². The summed E-state index contributed by atoms with van der Waals surface area (Å²) >= 11 is 0. The van der Waals surface area contributed by atoms with Crippen LogP contribution in [0.3, 0.4) is 0 Å². The van der Waals surface area contributed by atoms with E-state index in [1.165, 1.54) is 0 Å². The number of aliphatic imine (C=N–C) groups is 1. The average molecular weight is 457 g/mol. The highest BCUT2D eigenvalue weighted by molar-refractivity contribution is 6.06. The van der Waals surface area contributed by atoms with Gasteiger partial charge in [-0.25, -0.2) is 9.78 Å². The Labute approximate surface area is 198 Å². The lowest BCUT2D eigenvalue weighted by atomic mass is 10.1. The van der Waals surface area contributed by atoms with E-state index in [4.69, 9.17) is 9.47 Å². The minimum Gasteiger partial charge on any atom is -0.497 e. The van der Waals surface area contributed by atoms with E-state index < -0.39 is 6.03 Å². The molecule has 174 valence electrons. The SMILES string of the molecule is COCC(Cc1ccccc1)NC(=O)/N=C(\Cc1ccc(OC)cc1)c1nc2ccccc2[nH]1. The van der Waals surface area contributed by atoms with E-state index in [1.54, 1.807) is 14.2 Å². The summed E-state index contributed by atoms with van der Waals surface area (Å²) in [6.07, 6.45) is 1.08. The highest BCUT2D eigenvalue weighted by Crippen LogP contribution is 2.16. The summed E-state index contributed by atoms with van der Waals surface area (Å²) in [5, 5.41) is 2.99. The van der Waals surface area contributed by atoms with Crippen molar-refractivity contribution in [2.75, 3.05) is 20.8 Å². The first-order valence-electron chi connectivity index (χ1n) is 11.1. The lowest BCUT2D eigenvalue weighted by Crippen LogP contribution is -2.38. The molecule has 0 fully saturated rings. The molecule has 0 aliphatic rings. The number of ether oxygens (including phenoxy) is 2. The Hall–Kier alpha value is -3.97. The fraction of sp³-hybridized carbons (Fsp3) is 0.222. The fourth-order valence-electron chi connectivity index (χ4n) is 3.78. The molecule has 0 spiro atoms. The number of carbonyl (C=O) groups is 1. The number of rotatable bonds is 9. The number of para-hydroxylation sites is 2. The minimum atomic E-state index is -0.429. The molecule has 0 aliphatic heterocycles. The largest absolute Gasteiger partial charge is 0.497 e. The molecule has 0 saturated carbocycles. The van der Waals surface area contributed by atoms with Crippen LogP contribution >= 0.6 is 0 Å². The number of hydrogen-bond acceptors (Lipinski definition) is 4. The highest BCUT2D eigenvalue weighted by Gasteiger charge is 2.16. The zero-order valence-corrected chi connectivity index (χ0v) is 19.3. The van der Waals surface area contributed by atoms with Gasteiger partial charge in [0, 0.05) is 13.5 Å². The van der Waals surface area contributed by atoms with E-state index in [1.807, 2.05) is 78.9 Å². The molecule has 1 heterocycles. The summed E-state index contributed by atoms with van der Waals surface area (Å²) in [4.78, 5) is 25.4. The number of methoxy groups -OCH3 is 2. The van der Waals surface area contributed by atoms with Crippen molar-refractivity contribution in [1.82, 2.24) is 15.3 Å². The number of fused-ring (bicyclic) bond motifs is 1. The number of benzene rings is 3. The lowest BCUT2D eigenvalue weighted by molar-refractivity contribution is 0.166. The summed E-state index contributed by atoms with van der Waals surface area (Å²) in [5.41, 5.74) is 4.37. The van der Waals surface area contributed by atoms with Gasteiger partial charge in [0.05, 0.1) is 36.5 Å². The molecule has 4 rings (SSSR count). The molecule has 0 bridgehead atoms. The minimum absolute atomic E-state index is 0.207. The first-order valence-corrected chi connectivity index (χ1v) is 11.1. The second kappa shape index (κ2) is 11.2. The van der Waals surface area contributed by atoms with Crippen LogP contribution in [0.2, 0.25) is 0 Å². The Morgan fingerprint density at radius 3 is 2.41 bits per heavy atom. The fourth-order valence-corrected chi connectivity index (χ4v) is 3.78. The molecule has 7 heteroatoms. The topological polar surface area (TPSA) is 88.6 Å². The summed E-state index contributed by atoms with van der Waals surface area (Å²) < 4.78 is 10.6. The summed E-state index contributed by atoms with van der Waals surface area (Å²) in [6.45, 7) is 0.384. The second-order valence-corrected chi connectivity index (χ2v) is 7.98. The van der Waals surface area contributed by atoms with Crippen molar-refractivity contribution in [1.29, 1.82) is 0 Å². The summed E-state index contributed by atoms with van der Waals surface area (Å²) in [6, 6.07) is 24.8. The van der Waals surface area contributed by atoms with Crippen molar-refractivity contribution >= 4 is 22.8 Å². The van der Waals surface area contributed by atoms with Crippen LogP contribution in [-0.4, -0.2) is 48.6 Å². The lowest BCUT2D eigenvalue weighted by Gasteiger charge is -2.17. The molecule has 0 aliphatic carbocycles. The molecule has 0 saturated heterocycles. The molecule has 2 N–H and O–H groups in total. The summed E-state index contributed by atoms with van der Waals surface area (Å²) in [5.74, 6) is 1.34. The predicted molar refractivity (Wildman–Crippen MR) is 134 cm³/mol. The number of hydrogen-bond donors (Lipinski definition) is 2. The Kier molecular flexibility index (Phi) is 7.67. The highest BCUT2D eigenvalue weighted by atomic mass is 16.5. The van der Waals surface area contributed by atoms with E-state index in [9.17, 15) is 4.79 Å². The van der Waals surface area contributed by atoms with Gasteiger partial charge in [-0.2, -0.15) is 4.99 Å². The van der Waals surface area contributed by atoms with Gasteiger partial charge in [-0.05, 0) is 41.8 Å². The van der Waals surface area contributed by atoms with Gasteiger partial charge in [0.1, 0.15) is 5.75 Å². The molecule has 1 aromatic heterocycles. The third-order valence-corrected chi connectivity index (χ3v) is 5.45. The van der Waals surface area contributed by atoms with Crippen molar-refractivity contribution in [3.63, 3.8) is 0 Å². The number of H-pyrrole nitrogens is 1. The molecule has 34 heavy (non-hydrogen) atoms. The average Bonchev–Trinajstić information content (AvgIpc) is 3.29. The van der Waals surface area contributed by atoms with Crippen LogP contribution < -0.4 is 10.1 Å². The molecular formula is C27H28N4O3. The van der Waals surface area contributed by atoms with Crippen LogP contribution in [0.25, 0.3) is 11.0 Å². The Balaban J connectivity index is 1.59. The van der Waals surface area contributed by atoms with Gasteiger partial charge in [0.15, 0.2) is 5.82 Å². The number of aromatic amines is 1. The number of imidazole rings is 1. The Morgan fingerprint density at radius 2 is 1.71 bits per heavy atom. The van der Waals surface area contributed by atoms with Crippen LogP contribution in [0, 0.1) is 0 Å². The van der Waals surface area contributed by atoms with Crippen molar-refractivity contribution in [2.45, 2.75) is 18.9 Å². The Bertz CT molecular complexity index is 1220. The summed E-state index contributed by atoms with van der Waals surface area (Å²) in [7, 11) is 3.25. The maximum atomic E-state index is 13.0. The second-order valence-electron chi connectivity index (χ2n) is 7.98. The van der Waals surface area contributed by atoms with Gasteiger partial charge in [-0.3, -0.25) is 0 Å². The normalized spacial score (nSPS) is 12.5. The van der Waals surface area contributed by atoms with E-state index in [0.29, 0.717) is 31.0 Å². The standard InChI is InChI=1S/C27H28N4O3/c1-33-18-21(16-19-8-4-3-5-9-19)28-27(32)31-25(17-20-12-14-22(34-2)15-13-20)26-29-23-10-6-7-11-24(23)30-26/h3-15,21H,16-18H2,1-2H3,(H,28,32)(H,29,30)/b31-25+. The molecule has 4 aromatic rings. The monoisotopic (exact) mass is 456 g/mol. The zero-order chi connectivity index (χ0) is 23.8. The number of aromatic nitrogens is 2. The maximum Gasteiger partial charge on any atom is 0.341 e. The first-order chi connectivity index (χ1) is 16.6. The number of carbonyl (C=O) groups excluding carboxylic acids is 1. The zero-order valence-electron chi connectivity index (χ0n) is 19.3. The van der Waals surface area contributed by atoms with Gasteiger partial charge >= 0.3 is 6.03 Å². The van der Waals surface area contributed by atoms with Gasteiger partial charge in [-0.15, -0.1) is 0 Å². The van der Waals surface area contributed by atoms with Crippen molar-refractivity contribution in [3.05, 3.63) is 95.8 Å². The molecule has 3 aromatic carbocycles. The molecule has 7 nitrogen and oxygen atoms in total. The van der Waals surface area contributed by atoms with Gasteiger partial charge in [0.2, 0.25) is 0 Å². The van der Waals surface area contributed by atoms with E-state index in [-0.39, 0.29) is 6.04 Å². The van der Waals surface area contributed by atoms with Crippen molar-refractivity contribution in [3.8, 4) is 5.75 Å². The maximum absolute atomic E-state index is 13.0. The molecule has 1 atom stereocenters. The molecule has 2 amide bonds. The number of nitrogens with one attached hydrogen (secondary N) is 2. The van der Waals surface area contributed by atoms with Crippen LogP contribution in [0.4, 0.5) is 4.79 Å². The molecule has 1 unspecified atom stereocenters. The van der Waals surface area contributed by atoms with Crippen molar-refractivity contribution in [2.24, 2.45) is 4.99 Å². The van der Waals surface area contributed by atoms with Crippen LogP contribution in [0.1, 0.15) is 17.0 Å². The predicted octanol–water partition coefficient (Wildman–Crippen LogP) is 4.57. The quantitative estimate of drug-likeness (QED) is 0.361. The third-order valence-electron chi connectivity index (χ3n) is 5.45. The van der Waals surface area contributed by atoms with Crippen LogP contribution in [-0.2, 0) is 17.6 Å². The smallest absolute Gasteiger partial charge is 0.341 e. The van der Waals surface area contributed by atoms with Crippen molar-refractivity contribution < 1.29 is 14.3 Å². The molecular weight excluding hydrogens is 428 g/mol. The first kappa shape index (κ1) is 23.2.